The molecule has 1 fully saturated rings. The SMILES string of the molecule is NNC1C(=O)NC(=S)NC1=O. The summed E-state index contributed by atoms with van der Waals surface area (Å²) in [5.41, 5.74) is 2.04. The van der Waals surface area contributed by atoms with Crippen molar-refractivity contribution in [3.05, 3.63) is 0 Å². The summed E-state index contributed by atoms with van der Waals surface area (Å²) in [6, 6.07) is -1.05. The second-order valence-electron chi connectivity index (χ2n) is 1.91. The molecule has 1 saturated heterocycles. The highest BCUT2D eigenvalue weighted by Gasteiger charge is 2.31. The van der Waals surface area contributed by atoms with Gasteiger partial charge in [-0.05, 0) is 12.2 Å². The lowest BCUT2D eigenvalue weighted by Gasteiger charge is -2.21. The van der Waals surface area contributed by atoms with E-state index in [4.69, 9.17) is 5.84 Å². The zero-order chi connectivity index (χ0) is 8.43. The minimum Gasteiger partial charge on any atom is -0.301 e. The Morgan fingerprint density at radius 2 is 1.82 bits per heavy atom. The third-order valence-corrected chi connectivity index (χ3v) is 1.37. The van der Waals surface area contributed by atoms with Gasteiger partial charge in [-0.15, -0.1) is 0 Å². The minimum atomic E-state index is -1.05. The number of amides is 2. The summed E-state index contributed by atoms with van der Waals surface area (Å²) in [4.78, 5) is 21.7. The maximum Gasteiger partial charge on any atom is 0.254 e. The van der Waals surface area contributed by atoms with Gasteiger partial charge >= 0.3 is 0 Å². The van der Waals surface area contributed by atoms with Crippen molar-refractivity contribution >= 4 is 29.1 Å². The number of nitrogens with two attached hydrogens (primary N) is 1. The predicted octanol–water partition coefficient (Wildman–Crippen LogP) is -2.65. The first-order valence-corrected chi connectivity index (χ1v) is 3.18. The number of carbonyl (C=O) groups excluding carboxylic acids is 2. The average molecular weight is 174 g/mol. The van der Waals surface area contributed by atoms with E-state index >= 15 is 0 Å². The second-order valence-corrected chi connectivity index (χ2v) is 2.32. The molecule has 0 bridgehead atoms. The van der Waals surface area contributed by atoms with E-state index in [1.807, 2.05) is 5.43 Å². The van der Waals surface area contributed by atoms with Crippen LogP contribution >= 0.6 is 12.2 Å². The maximum absolute atomic E-state index is 10.8. The standard InChI is InChI=1S/C4H6N4O2S/c5-8-1-2(9)6-4(11)7-3(1)10/h1,8H,5H2,(H2,6,7,9,10,11). The van der Waals surface area contributed by atoms with Gasteiger partial charge in [0.1, 0.15) is 0 Å². The molecule has 1 aliphatic heterocycles. The Kier molecular flexibility index (Phi) is 2.13. The zero-order valence-electron chi connectivity index (χ0n) is 5.38. The number of thiocarbonyl (C=S) groups is 1. The van der Waals surface area contributed by atoms with Crippen LogP contribution in [0.1, 0.15) is 0 Å². The quantitative estimate of drug-likeness (QED) is 0.151. The van der Waals surface area contributed by atoms with Crippen molar-refractivity contribution in [2.24, 2.45) is 5.84 Å². The average Bonchev–Trinajstić information content (AvgIpc) is 1.85. The molecule has 1 rings (SSSR count). The Hall–Kier alpha value is -1.05. The molecule has 7 heteroatoms. The number of nitrogens with one attached hydrogen (secondary N) is 3. The fourth-order valence-electron chi connectivity index (χ4n) is 0.670. The third kappa shape index (κ3) is 1.50. The maximum atomic E-state index is 10.8. The van der Waals surface area contributed by atoms with Gasteiger partial charge in [0, 0.05) is 0 Å². The van der Waals surface area contributed by atoms with Crippen molar-refractivity contribution in [3.8, 4) is 0 Å². The van der Waals surface area contributed by atoms with Crippen LogP contribution in [0.4, 0.5) is 0 Å². The van der Waals surface area contributed by atoms with Gasteiger partial charge in [0.2, 0.25) is 0 Å². The van der Waals surface area contributed by atoms with Crippen LogP contribution in [0, 0.1) is 0 Å². The monoisotopic (exact) mass is 174 g/mol. The summed E-state index contributed by atoms with van der Waals surface area (Å²) in [6.07, 6.45) is 0. The van der Waals surface area contributed by atoms with Crippen LogP contribution in [0.2, 0.25) is 0 Å². The van der Waals surface area contributed by atoms with Gasteiger partial charge in [0.05, 0.1) is 0 Å². The van der Waals surface area contributed by atoms with Crippen molar-refractivity contribution in [2.75, 3.05) is 0 Å². The molecule has 0 aromatic heterocycles. The Bertz CT molecular complexity index is 208. The van der Waals surface area contributed by atoms with E-state index in [-0.39, 0.29) is 5.11 Å². The second kappa shape index (κ2) is 2.91. The topological polar surface area (TPSA) is 96.2 Å². The normalized spacial score (nSPS) is 19.5. The highest BCUT2D eigenvalue weighted by atomic mass is 32.1. The highest BCUT2D eigenvalue weighted by Crippen LogP contribution is 1.89. The molecule has 0 aromatic rings. The van der Waals surface area contributed by atoms with E-state index in [0.29, 0.717) is 0 Å². The Morgan fingerprint density at radius 3 is 2.18 bits per heavy atom. The van der Waals surface area contributed by atoms with Gasteiger partial charge in [0.25, 0.3) is 11.8 Å². The third-order valence-electron chi connectivity index (χ3n) is 1.16. The van der Waals surface area contributed by atoms with Crippen molar-refractivity contribution in [1.29, 1.82) is 0 Å². The highest BCUT2D eigenvalue weighted by molar-refractivity contribution is 7.80. The summed E-state index contributed by atoms with van der Waals surface area (Å²) in [5.74, 6) is 3.83. The van der Waals surface area contributed by atoms with Crippen LogP contribution in [-0.4, -0.2) is 23.0 Å². The molecule has 0 unspecified atom stereocenters. The van der Waals surface area contributed by atoms with E-state index in [1.165, 1.54) is 0 Å². The van der Waals surface area contributed by atoms with Crippen LogP contribution in [-0.2, 0) is 9.59 Å². The van der Waals surface area contributed by atoms with Crippen LogP contribution in [0.5, 0.6) is 0 Å². The molecule has 0 saturated carbocycles. The van der Waals surface area contributed by atoms with Crippen molar-refractivity contribution in [1.82, 2.24) is 16.1 Å². The molecule has 0 aliphatic carbocycles. The summed E-state index contributed by atoms with van der Waals surface area (Å²) in [6.45, 7) is 0. The number of hydrazine groups is 1. The van der Waals surface area contributed by atoms with Gasteiger partial charge in [-0.2, -0.15) is 0 Å². The van der Waals surface area contributed by atoms with Gasteiger partial charge in [-0.25, -0.2) is 5.43 Å². The summed E-state index contributed by atoms with van der Waals surface area (Å²) >= 11 is 4.53. The summed E-state index contributed by atoms with van der Waals surface area (Å²) in [5, 5.41) is 4.46. The molecule has 0 spiro atoms. The number of hydrogen-bond donors (Lipinski definition) is 4. The van der Waals surface area contributed by atoms with Gasteiger partial charge in [-0.1, -0.05) is 0 Å². The summed E-state index contributed by atoms with van der Waals surface area (Å²) in [7, 11) is 0. The molecule has 60 valence electrons. The first-order valence-electron chi connectivity index (χ1n) is 2.77. The molecular weight excluding hydrogens is 168 g/mol. The molecule has 6 nitrogen and oxygen atoms in total. The minimum absolute atomic E-state index is 0.00602. The Morgan fingerprint density at radius 1 is 1.36 bits per heavy atom. The molecule has 2 amide bonds. The van der Waals surface area contributed by atoms with Crippen molar-refractivity contribution in [2.45, 2.75) is 6.04 Å². The lowest BCUT2D eigenvalue weighted by Crippen LogP contribution is -2.64. The Labute approximate surface area is 67.5 Å². The number of hydrogen-bond acceptors (Lipinski definition) is 5. The molecule has 5 N–H and O–H groups in total. The van der Waals surface area contributed by atoms with E-state index in [9.17, 15) is 9.59 Å². The molecule has 0 atom stereocenters. The van der Waals surface area contributed by atoms with Crippen molar-refractivity contribution in [3.63, 3.8) is 0 Å². The molecule has 11 heavy (non-hydrogen) atoms. The summed E-state index contributed by atoms with van der Waals surface area (Å²) < 4.78 is 0. The predicted molar refractivity (Wildman–Crippen MR) is 40.0 cm³/mol. The molecular formula is C4H6N4O2S. The smallest absolute Gasteiger partial charge is 0.254 e. The van der Waals surface area contributed by atoms with Gasteiger partial charge < -0.3 is 10.6 Å². The van der Waals surface area contributed by atoms with Crippen LogP contribution in [0.15, 0.2) is 0 Å². The molecule has 0 aromatic carbocycles. The first kappa shape index (κ1) is 8.05. The van der Waals surface area contributed by atoms with Crippen molar-refractivity contribution < 1.29 is 9.59 Å². The van der Waals surface area contributed by atoms with Gasteiger partial charge in [0.15, 0.2) is 11.2 Å². The van der Waals surface area contributed by atoms with E-state index in [0.717, 1.165) is 0 Å². The van der Waals surface area contributed by atoms with Crippen LogP contribution in [0.3, 0.4) is 0 Å². The van der Waals surface area contributed by atoms with E-state index in [2.05, 4.69) is 22.9 Å². The lowest BCUT2D eigenvalue weighted by molar-refractivity contribution is -0.132. The van der Waals surface area contributed by atoms with Gasteiger partial charge in [-0.3, -0.25) is 15.4 Å². The Balaban J connectivity index is 2.74. The molecule has 1 aliphatic rings. The lowest BCUT2D eigenvalue weighted by atomic mass is 10.2. The van der Waals surface area contributed by atoms with Crippen LogP contribution < -0.4 is 21.9 Å². The number of rotatable bonds is 1. The largest absolute Gasteiger partial charge is 0.301 e. The van der Waals surface area contributed by atoms with E-state index in [1.54, 1.807) is 0 Å². The fourth-order valence-corrected chi connectivity index (χ4v) is 0.871. The van der Waals surface area contributed by atoms with Crippen LogP contribution in [0.25, 0.3) is 0 Å². The fraction of sp³-hybridized carbons (Fsp3) is 0.250. The molecule has 0 radical (unpaired) electrons. The molecule has 1 heterocycles. The van der Waals surface area contributed by atoms with E-state index < -0.39 is 17.9 Å². The number of carbonyl (C=O) groups is 2. The first-order chi connectivity index (χ1) is 5.15. The zero-order valence-corrected chi connectivity index (χ0v) is 6.20.